The molecular formula is C14H18N4O3. The highest BCUT2D eigenvalue weighted by atomic mass is 16.6. The summed E-state index contributed by atoms with van der Waals surface area (Å²) in [4.78, 5) is 11.7. The smallest absolute Gasteiger partial charge is 0.412 e. The van der Waals surface area contributed by atoms with E-state index in [9.17, 15) is 9.90 Å². The standard InChI is InChI=1S/C14H18N4O3/c1-14(2,3)21-13(20)17-8-4-5-11(19)9(6-8)12-10(15)7-16-18-12/h4-7,19H,15H2,1-3H3,(H,16,18)(H,17,20). The van der Waals surface area contributed by atoms with Crippen LogP contribution in [0.1, 0.15) is 20.8 Å². The number of phenolic OH excluding ortho intramolecular Hbond substituents is 1. The van der Waals surface area contributed by atoms with Gasteiger partial charge < -0.3 is 15.6 Å². The van der Waals surface area contributed by atoms with Gasteiger partial charge in [-0.15, -0.1) is 0 Å². The number of nitrogens with two attached hydrogens (primary N) is 1. The van der Waals surface area contributed by atoms with Crippen molar-refractivity contribution in [3.63, 3.8) is 0 Å². The predicted octanol–water partition coefficient (Wildman–Crippen LogP) is 2.71. The fourth-order valence-electron chi connectivity index (χ4n) is 1.75. The van der Waals surface area contributed by atoms with Crippen LogP contribution in [0.2, 0.25) is 0 Å². The molecule has 0 saturated heterocycles. The van der Waals surface area contributed by atoms with Crippen LogP contribution in [-0.4, -0.2) is 27.0 Å². The van der Waals surface area contributed by atoms with E-state index >= 15 is 0 Å². The van der Waals surface area contributed by atoms with Gasteiger partial charge in [-0.1, -0.05) is 0 Å². The number of anilines is 2. The summed E-state index contributed by atoms with van der Waals surface area (Å²) in [6, 6.07) is 4.61. The number of phenols is 1. The molecule has 0 aliphatic carbocycles. The lowest BCUT2D eigenvalue weighted by Crippen LogP contribution is -2.27. The maximum Gasteiger partial charge on any atom is 0.412 e. The van der Waals surface area contributed by atoms with Crippen molar-refractivity contribution in [1.29, 1.82) is 0 Å². The van der Waals surface area contributed by atoms with E-state index < -0.39 is 11.7 Å². The number of carbonyl (C=O) groups is 1. The van der Waals surface area contributed by atoms with Gasteiger partial charge in [0.2, 0.25) is 0 Å². The van der Waals surface area contributed by atoms with Crippen LogP contribution >= 0.6 is 0 Å². The number of nitrogens with one attached hydrogen (secondary N) is 2. The molecule has 0 spiro atoms. The molecule has 0 aliphatic heterocycles. The fourth-order valence-corrected chi connectivity index (χ4v) is 1.75. The molecular weight excluding hydrogens is 272 g/mol. The molecule has 112 valence electrons. The van der Waals surface area contributed by atoms with Crippen molar-refractivity contribution in [2.45, 2.75) is 26.4 Å². The second-order valence-corrected chi connectivity index (χ2v) is 5.56. The normalized spacial score (nSPS) is 11.2. The molecule has 1 heterocycles. The zero-order valence-electron chi connectivity index (χ0n) is 12.1. The van der Waals surface area contributed by atoms with Crippen molar-refractivity contribution in [1.82, 2.24) is 10.2 Å². The van der Waals surface area contributed by atoms with Gasteiger partial charge in [-0.2, -0.15) is 5.10 Å². The summed E-state index contributed by atoms with van der Waals surface area (Å²) in [6.07, 6.45) is 0.875. The maximum absolute atomic E-state index is 11.7. The average Bonchev–Trinajstić information content (AvgIpc) is 2.75. The number of nitrogens with zero attached hydrogens (tertiary/aromatic N) is 1. The highest BCUT2D eigenvalue weighted by molar-refractivity contribution is 5.87. The fraction of sp³-hybridized carbons (Fsp3) is 0.286. The molecule has 1 aromatic heterocycles. The number of hydrogen-bond acceptors (Lipinski definition) is 5. The number of carbonyl (C=O) groups excluding carboxylic acids is 1. The lowest BCUT2D eigenvalue weighted by atomic mass is 10.1. The molecule has 0 saturated carbocycles. The third-order valence-electron chi connectivity index (χ3n) is 2.58. The third kappa shape index (κ3) is 3.65. The van der Waals surface area contributed by atoms with Crippen LogP contribution in [0.25, 0.3) is 11.3 Å². The molecule has 21 heavy (non-hydrogen) atoms. The molecule has 1 amide bonds. The van der Waals surface area contributed by atoms with Crippen LogP contribution in [0.4, 0.5) is 16.2 Å². The first-order valence-electron chi connectivity index (χ1n) is 6.38. The van der Waals surface area contributed by atoms with Crippen molar-refractivity contribution in [3.05, 3.63) is 24.4 Å². The van der Waals surface area contributed by atoms with E-state index in [4.69, 9.17) is 10.5 Å². The molecule has 0 bridgehead atoms. The van der Waals surface area contributed by atoms with Gasteiger partial charge in [0.05, 0.1) is 17.6 Å². The van der Waals surface area contributed by atoms with Crippen LogP contribution < -0.4 is 11.1 Å². The first-order valence-corrected chi connectivity index (χ1v) is 6.38. The number of aromatic hydroxyl groups is 1. The van der Waals surface area contributed by atoms with E-state index in [-0.39, 0.29) is 5.75 Å². The minimum absolute atomic E-state index is 0.0284. The molecule has 1 aromatic carbocycles. The third-order valence-corrected chi connectivity index (χ3v) is 2.58. The lowest BCUT2D eigenvalue weighted by Gasteiger charge is -2.19. The minimum atomic E-state index is -0.586. The first-order chi connectivity index (χ1) is 9.76. The van der Waals surface area contributed by atoms with Crippen LogP contribution in [0.15, 0.2) is 24.4 Å². The lowest BCUT2D eigenvalue weighted by molar-refractivity contribution is 0.0636. The number of nitrogen functional groups attached to an aromatic ring is 1. The quantitative estimate of drug-likeness (QED) is 0.635. The number of aromatic nitrogens is 2. The van der Waals surface area contributed by atoms with Crippen molar-refractivity contribution < 1.29 is 14.6 Å². The summed E-state index contributed by atoms with van der Waals surface area (Å²) < 4.78 is 5.17. The van der Waals surface area contributed by atoms with Crippen molar-refractivity contribution in [2.24, 2.45) is 0 Å². The Morgan fingerprint density at radius 3 is 2.71 bits per heavy atom. The molecule has 0 unspecified atom stereocenters. The van der Waals surface area contributed by atoms with E-state index in [1.807, 2.05) is 0 Å². The SMILES string of the molecule is CC(C)(C)OC(=O)Nc1ccc(O)c(-c2[nH]ncc2N)c1. The predicted molar refractivity (Wildman–Crippen MR) is 80.0 cm³/mol. The van der Waals surface area contributed by atoms with Crippen molar-refractivity contribution in [3.8, 4) is 17.0 Å². The van der Waals surface area contributed by atoms with Crippen molar-refractivity contribution >= 4 is 17.5 Å². The zero-order valence-corrected chi connectivity index (χ0v) is 12.1. The van der Waals surface area contributed by atoms with Gasteiger partial charge in [0.25, 0.3) is 0 Å². The largest absolute Gasteiger partial charge is 0.507 e. The summed E-state index contributed by atoms with van der Waals surface area (Å²) in [5.74, 6) is 0.0284. The number of ether oxygens (including phenoxy) is 1. The Hall–Kier alpha value is -2.70. The second-order valence-electron chi connectivity index (χ2n) is 5.56. The molecule has 5 N–H and O–H groups in total. The summed E-state index contributed by atoms with van der Waals surface area (Å²) >= 11 is 0. The van der Waals surface area contributed by atoms with Gasteiger partial charge in [0, 0.05) is 11.3 Å². The number of aromatic amines is 1. The van der Waals surface area contributed by atoms with E-state index in [0.717, 1.165) is 0 Å². The van der Waals surface area contributed by atoms with Crippen molar-refractivity contribution in [2.75, 3.05) is 11.1 Å². The molecule has 7 heteroatoms. The van der Waals surface area contributed by atoms with Gasteiger partial charge in [-0.25, -0.2) is 4.79 Å². The number of benzene rings is 1. The Morgan fingerprint density at radius 2 is 2.14 bits per heavy atom. The molecule has 2 aromatic rings. The van der Waals surface area contributed by atoms with Gasteiger partial charge in [0.1, 0.15) is 11.4 Å². The maximum atomic E-state index is 11.7. The summed E-state index contributed by atoms with van der Waals surface area (Å²) in [5.41, 5.74) is 6.98. The minimum Gasteiger partial charge on any atom is -0.507 e. The molecule has 2 rings (SSSR count). The summed E-state index contributed by atoms with van der Waals surface area (Å²) in [5, 5.41) is 19.0. The Balaban J connectivity index is 2.24. The Labute approximate surface area is 122 Å². The Morgan fingerprint density at radius 1 is 1.43 bits per heavy atom. The number of amides is 1. The van der Waals surface area contributed by atoms with Crippen LogP contribution in [0.3, 0.4) is 0 Å². The Bertz CT molecular complexity index is 658. The van der Waals surface area contributed by atoms with E-state index in [1.165, 1.54) is 12.3 Å². The van der Waals surface area contributed by atoms with Crippen LogP contribution in [-0.2, 0) is 4.74 Å². The van der Waals surface area contributed by atoms with E-state index in [1.54, 1.807) is 32.9 Å². The zero-order chi connectivity index (χ0) is 15.6. The van der Waals surface area contributed by atoms with Gasteiger partial charge in [0.15, 0.2) is 0 Å². The number of rotatable bonds is 2. The van der Waals surface area contributed by atoms with Crippen LogP contribution in [0, 0.1) is 0 Å². The summed E-state index contributed by atoms with van der Waals surface area (Å²) in [7, 11) is 0. The van der Waals surface area contributed by atoms with E-state index in [0.29, 0.717) is 22.6 Å². The number of H-pyrrole nitrogens is 1. The van der Waals surface area contributed by atoms with Gasteiger partial charge in [-0.05, 0) is 39.0 Å². The van der Waals surface area contributed by atoms with Gasteiger partial charge in [-0.3, -0.25) is 10.4 Å². The molecule has 0 atom stereocenters. The highest BCUT2D eigenvalue weighted by Crippen LogP contribution is 2.33. The van der Waals surface area contributed by atoms with Gasteiger partial charge >= 0.3 is 6.09 Å². The Kier molecular flexibility index (Phi) is 3.75. The number of hydrogen-bond donors (Lipinski definition) is 4. The molecule has 0 aliphatic rings. The highest BCUT2D eigenvalue weighted by Gasteiger charge is 2.17. The molecule has 0 radical (unpaired) electrons. The molecule has 7 nitrogen and oxygen atoms in total. The summed E-state index contributed by atoms with van der Waals surface area (Å²) in [6.45, 7) is 5.33. The molecule has 0 fully saturated rings. The second kappa shape index (κ2) is 5.35. The van der Waals surface area contributed by atoms with Crippen LogP contribution in [0.5, 0.6) is 5.75 Å². The first kappa shape index (κ1) is 14.7. The monoisotopic (exact) mass is 290 g/mol. The topological polar surface area (TPSA) is 113 Å². The van der Waals surface area contributed by atoms with E-state index in [2.05, 4.69) is 15.5 Å². The average molecular weight is 290 g/mol.